The van der Waals surface area contributed by atoms with Gasteiger partial charge in [-0.25, -0.2) is 0 Å². The first kappa shape index (κ1) is 19.4. The lowest BCUT2D eigenvalue weighted by molar-refractivity contribution is 0.102. The van der Waals surface area contributed by atoms with E-state index < -0.39 is 0 Å². The second-order valence-corrected chi connectivity index (χ2v) is 6.10. The maximum absolute atomic E-state index is 12.3. The van der Waals surface area contributed by atoms with Gasteiger partial charge in [0.25, 0.3) is 5.91 Å². The molecule has 2 N–H and O–H groups in total. The molecule has 0 aliphatic rings. The molecular formula is C20H19ClN4O3. The lowest BCUT2D eigenvalue weighted by Crippen LogP contribution is -2.14. The van der Waals surface area contributed by atoms with Gasteiger partial charge in [0.05, 0.1) is 18.7 Å². The first-order valence-corrected chi connectivity index (χ1v) is 8.95. The zero-order chi connectivity index (χ0) is 19.9. The molecule has 0 aliphatic heterocycles. The molecule has 0 bridgehead atoms. The van der Waals surface area contributed by atoms with Crippen LogP contribution in [0.5, 0.6) is 11.5 Å². The molecule has 0 atom stereocenters. The van der Waals surface area contributed by atoms with E-state index >= 15 is 0 Å². The zero-order valence-electron chi connectivity index (χ0n) is 15.4. The van der Waals surface area contributed by atoms with Crippen LogP contribution < -0.4 is 20.1 Å². The number of carbonyl (C=O) groups is 1. The summed E-state index contributed by atoms with van der Waals surface area (Å²) in [7, 11) is 1.53. The molecule has 0 saturated carbocycles. The van der Waals surface area contributed by atoms with Crippen LogP contribution in [0.1, 0.15) is 17.4 Å². The number of rotatable bonds is 7. The lowest BCUT2D eigenvalue weighted by atomic mass is 10.2. The number of ether oxygens (including phenoxy) is 2. The standard InChI is InChI=1S/C20H19ClN4O3/c1-3-28-15-7-4-13(5-8-15)22-19-11-9-17(24-25-19)20(26)23-14-6-10-18(27-2)16(21)12-14/h4-12H,3H2,1-2H3,(H,22,25)(H,23,26). The lowest BCUT2D eigenvalue weighted by Gasteiger charge is -2.09. The Morgan fingerprint density at radius 3 is 2.39 bits per heavy atom. The van der Waals surface area contributed by atoms with Gasteiger partial charge in [-0.05, 0) is 61.5 Å². The number of hydrogen-bond donors (Lipinski definition) is 2. The number of nitrogens with one attached hydrogen (secondary N) is 2. The highest BCUT2D eigenvalue weighted by Gasteiger charge is 2.10. The summed E-state index contributed by atoms with van der Waals surface area (Å²) in [6, 6.07) is 15.7. The normalized spacial score (nSPS) is 10.2. The first-order chi connectivity index (χ1) is 13.6. The Balaban J connectivity index is 1.63. The Hall–Kier alpha value is -3.32. The Labute approximate surface area is 167 Å². The maximum Gasteiger partial charge on any atom is 0.276 e. The molecule has 2 aromatic carbocycles. The number of methoxy groups -OCH3 is 1. The third kappa shape index (κ3) is 4.89. The van der Waals surface area contributed by atoms with Crippen LogP contribution in [0.3, 0.4) is 0 Å². The highest BCUT2D eigenvalue weighted by atomic mass is 35.5. The smallest absolute Gasteiger partial charge is 0.276 e. The van der Waals surface area contributed by atoms with Crippen molar-refractivity contribution in [3.8, 4) is 11.5 Å². The topological polar surface area (TPSA) is 85.4 Å². The molecule has 0 saturated heterocycles. The van der Waals surface area contributed by atoms with Gasteiger partial charge in [0, 0.05) is 11.4 Å². The molecule has 3 rings (SSSR count). The van der Waals surface area contributed by atoms with E-state index in [4.69, 9.17) is 21.1 Å². The van der Waals surface area contributed by atoms with Crippen molar-refractivity contribution in [2.24, 2.45) is 0 Å². The summed E-state index contributed by atoms with van der Waals surface area (Å²) in [4.78, 5) is 12.3. The molecule has 0 spiro atoms. The van der Waals surface area contributed by atoms with Crippen molar-refractivity contribution < 1.29 is 14.3 Å². The Morgan fingerprint density at radius 2 is 1.79 bits per heavy atom. The van der Waals surface area contributed by atoms with Crippen LogP contribution in [0.4, 0.5) is 17.2 Å². The number of anilines is 3. The molecule has 1 aromatic heterocycles. The number of amides is 1. The molecule has 8 heteroatoms. The number of halogens is 1. The highest BCUT2D eigenvalue weighted by Crippen LogP contribution is 2.27. The van der Waals surface area contributed by atoms with Gasteiger partial charge in [-0.2, -0.15) is 0 Å². The maximum atomic E-state index is 12.3. The third-order valence-electron chi connectivity index (χ3n) is 3.74. The van der Waals surface area contributed by atoms with E-state index in [-0.39, 0.29) is 11.6 Å². The third-order valence-corrected chi connectivity index (χ3v) is 4.04. The Bertz CT molecular complexity index is 947. The number of hydrogen-bond acceptors (Lipinski definition) is 6. The van der Waals surface area contributed by atoms with Crippen molar-refractivity contribution >= 4 is 34.7 Å². The summed E-state index contributed by atoms with van der Waals surface area (Å²) in [5.41, 5.74) is 1.56. The number of benzene rings is 2. The van der Waals surface area contributed by atoms with Gasteiger partial charge in [-0.3, -0.25) is 4.79 Å². The fourth-order valence-corrected chi connectivity index (χ4v) is 2.67. The minimum Gasteiger partial charge on any atom is -0.495 e. The molecule has 0 unspecified atom stereocenters. The van der Waals surface area contributed by atoms with Gasteiger partial charge in [0.2, 0.25) is 0 Å². The summed E-state index contributed by atoms with van der Waals surface area (Å²) >= 11 is 6.06. The molecule has 0 fully saturated rings. The van der Waals surface area contributed by atoms with Crippen molar-refractivity contribution in [3.05, 3.63) is 65.3 Å². The van der Waals surface area contributed by atoms with E-state index in [0.717, 1.165) is 11.4 Å². The van der Waals surface area contributed by atoms with Crippen LogP contribution in [0.2, 0.25) is 5.02 Å². The van der Waals surface area contributed by atoms with E-state index in [1.54, 1.807) is 30.3 Å². The number of aromatic nitrogens is 2. The van der Waals surface area contributed by atoms with E-state index in [1.165, 1.54) is 7.11 Å². The summed E-state index contributed by atoms with van der Waals surface area (Å²) < 4.78 is 10.5. The second kappa shape index (κ2) is 9.05. The Morgan fingerprint density at radius 1 is 1.04 bits per heavy atom. The monoisotopic (exact) mass is 398 g/mol. The molecule has 3 aromatic rings. The zero-order valence-corrected chi connectivity index (χ0v) is 16.2. The molecule has 1 heterocycles. The minimum absolute atomic E-state index is 0.184. The van der Waals surface area contributed by atoms with Gasteiger partial charge < -0.3 is 20.1 Å². The predicted octanol–water partition coefficient (Wildman–Crippen LogP) is 4.53. The molecule has 1 amide bonds. The van der Waals surface area contributed by atoms with Crippen molar-refractivity contribution in [2.75, 3.05) is 24.4 Å². The van der Waals surface area contributed by atoms with Crippen LogP contribution in [-0.4, -0.2) is 29.8 Å². The first-order valence-electron chi connectivity index (χ1n) is 8.57. The highest BCUT2D eigenvalue weighted by molar-refractivity contribution is 6.32. The minimum atomic E-state index is -0.388. The van der Waals surface area contributed by atoms with Gasteiger partial charge in [0.1, 0.15) is 11.5 Å². The van der Waals surface area contributed by atoms with Crippen LogP contribution in [0, 0.1) is 0 Å². The van der Waals surface area contributed by atoms with Crippen LogP contribution in [0.25, 0.3) is 0 Å². The molecule has 0 radical (unpaired) electrons. The van der Waals surface area contributed by atoms with Crippen LogP contribution in [0.15, 0.2) is 54.6 Å². The molecule has 0 aliphatic carbocycles. The van der Waals surface area contributed by atoms with Crippen molar-refractivity contribution in [2.45, 2.75) is 6.92 Å². The van der Waals surface area contributed by atoms with Crippen LogP contribution >= 0.6 is 11.6 Å². The van der Waals surface area contributed by atoms with Gasteiger partial charge >= 0.3 is 0 Å². The largest absolute Gasteiger partial charge is 0.495 e. The molecular weight excluding hydrogens is 380 g/mol. The average Bonchev–Trinajstić information content (AvgIpc) is 2.70. The van der Waals surface area contributed by atoms with Crippen molar-refractivity contribution in [1.82, 2.24) is 10.2 Å². The van der Waals surface area contributed by atoms with Gasteiger partial charge in [-0.1, -0.05) is 11.6 Å². The Kier molecular flexibility index (Phi) is 6.29. The quantitative estimate of drug-likeness (QED) is 0.608. The van der Waals surface area contributed by atoms with E-state index in [9.17, 15) is 4.79 Å². The molecule has 7 nitrogen and oxygen atoms in total. The SMILES string of the molecule is CCOc1ccc(Nc2ccc(C(=O)Nc3ccc(OC)c(Cl)c3)nn2)cc1. The second-order valence-electron chi connectivity index (χ2n) is 5.69. The average molecular weight is 399 g/mol. The fraction of sp³-hybridized carbons (Fsp3) is 0.150. The van der Waals surface area contributed by atoms with E-state index in [2.05, 4.69) is 20.8 Å². The number of carbonyl (C=O) groups excluding carboxylic acids is 1. The summed E-state index contributed by atoms with van der Waals surface area (Å²) in [6.45, 7) is 2.55. The molecule has 144 valence electrons. The summed E-state index contributed by atoms with van der Waals surface area (Å²) in [5.74, 6) is 1.46. The fourth-order valence-electron chi connectivity index (χ4n) is 2.41. The number of nitrogens with zero attached hydrogens (tertiary/aromatic N) is 2. The molecule has 28 heavy (non-hydrogen) atoms. The van der Waals surface area contributed by atoms with Crippen LogP contribution in [-0.2, 0) is 0 Å². The van der Waals surface area contributed by atoms with Crippen molar-refractivity contribution in [1.29, 1.82) is 0 Å². The summed E-state index contributed by atoms with van der Waals surface area (Å²) in [5, 5.41) is 14.3. The van der Waals surface area contributed by atoms with Gasteiger partial charge in [0.15, 0.2) is 11.5 Å². The van der Waals surface area contributed by atoms with Crippen molar-refractivity contribution in [3.63, 3.8) is 0 Å². The van der Waals surface area contributed by atoms with Gasteiger partial charge in [-0.15, -0.1) is 10.2 Å². The summed E-state index contributed by atoms with van der Waals surface area (Å²) in [6.07, 6.45) is 0. The van der Waals surface area contributed by atoms with E-state index in [1.807, 2.05) is 31.2 Å². The van der Waals surface area contributed by atoms with E-state index in [0.29, 0.717) is 28.9 Å². The predicted molar refractivity (Wildman–Crippen MR) is 109 cm³/mol.